The normalized spacial score (nSPS) is 9.75. The lowest BCUT2D eigenvalue weighted by Gasteiger charge is -1.81. The Morgan fingerprint density at radius 1 is 1.62 bits per heavy atom. The fourth-order valence-corrected chi connectivity index (χ4v) is 0.610. The SMILES string of the molecule is [CH]c1ccc(CCl)o1. The maximum Gasteiger partial charge on any atom is 0.118 e. The van der Waals surface area contributed by atoms with Crippen molar-refractivity contribution in [1.82, 2.24) is 0 Å². The summed E-state index contributed by atoms with van der Waals surface area (Å²) >= 11 is 5.39. The van der Waals surface area contributed by atoms with Crippen molar-refractivity contribution in [3.63, 3.8) is 0 Å². The van der Waals surface area contributed by atoms with Crippen LogP contribution in [0.3, 0.4) is 0 Å². The summed E-state index contributed by atoms with van der Waals surface area (Å²) in [6.45, 7) is 5.23. The van der Waals surface area contributed by atoms with Crippen LogP contribution in [-0.2, 0) is 5.88 Å². The summed E-state index contributed by atoms with van der Waals surface area (Å²) in [5, 5.41) is 0. The molecule has 1 aromatic rings. The summed E-state index contributed by atoms with van der Waals surface area (Å²) in [5.74, 6) is 1.52. The van der Waals surface area contributed by atoms with Crippen molar-refractivity contribution in [2.24, 2.45) is 0 Å². The van der Waals surface area contributed by atoms with Crippen molar-refractivity contribution in [1.29, 1.82) is 0 Å². The first-order valence-electron chi connectivity index (χ1n) is 2.23. The average Bonchev–Trinajstić information content (AvgIpc) is 2.14. The highest BCUT2D eigenvalue weighted by molar-refractivity contribution is 6.16. The number of furan rings is 1. The molecule has 0 atom stereocenters. The van der Waals surface area contributed by atoms with Crippen molar-refractivity contribution in [3.05, 3.63) is 30.6 Å². The lowest BCUT2D eigenvalue weighted by Crippen LogP contribution is -1.64. The van der Waals surface area contributed by atoms with Crippen LogP contribution in [0.15, 0.2) is 16.5 Å². The van der Waals surface area contributed by atoms with E-state index in [0.717, 1.165) is 0 Å². The zero-order valence-electron chi connectivity index (χ0n) is 4.23. The zero-order chi connectivity index (χ0) is 5.98. The van der Waals surface area contributed by atoms with Gasteiger partial charge in [-0.25, -0.2) is 0 Å². The number of rotatable bonds is 1. The van der Waals surface area contributed by atoms with E-state index >= 15 is 0 Å². The van der Waals surface area contributed by atoms with Gasteiger partial charge in [0.25, 0.3) is 0 Å². The van der Waals surface area contributed by atoms with Crippen molar-refractivity contribution in [2.45, 2.75) is 5.88 Å². The summed E-state index contributed by atoms with van der Waals surface area (Å²) in [6.07, 6.45) is 0. The second-order valence-corrected chi connectivity index (χ2v) is 1.70. The molecule has 0 amide bonds. The Morgan fingerprint density at radius 2 is 2.38 bits per heavy atom. The topological polar surface area (TPSA) is 13.1 Å². The molecule has 0 saturated carbocycles. The molecule has 0 fully saturated rings. The van der Waals surface area contributed by atoms with Crippen LogP contribution in [0.5, 0.6) is 0 Å². The minimum absolute atomic E-state index is 0.386. The van der Waals surface area contributed by atoms with Gasteiger partial charge in [0, 0.05) is 6.92 Å². The summed E-state index contributed by atoms with van der Waals surface area (Å²) in [5.41, 5.74) is 0. The van der Waals surface area contributed by atoms with Crippen LogP contribution in [0.4, 0.5) is 0 Å². The fraction of sp³-hybridized carbons (Fsp3) is 0.167. The van der Waals surface area contributed by atoms with E-state index in [9.17, 15) is 0 Å². The summed E-state index contributed by atoms with van der Waals surface area (Å²) in [4.78, 5) is 0. The van der Waals surface area contributed by atoms with Gasteiger partial charge in [0.05, 0.1) is 5.88 Å². The quantitative estimate of drug-likeness (QED) is 0.528. The zero-order valence-corrected chi connectivity index (χ0v) is 4.98. The van der Waals surface area contributed by atoms with Crippen LogP contribution in [0, 0.1) is 6.92 Å². The third-order valence-corrected chi connectivity index (χ3v) is 1.08. The average molecular weight is 129 g/mol. The molecule has 42 valence electrons. The molecular weight excluding hydrogens is 124 g/mol. The van der Waals surface area contributed by atoms with Crippen LogP contribution >= 0.6 is 11.6 Å². The molecule has 1 heterocycles. The largest absolute Gasteiger partial charge is 0.464 e. The van der Waals surface area contributed by atoms with Gasteiger partial charge in [0.2, 0.25) is 0 Å². The van der Waals surface area contributed by atoms with Crippen LogP contribution in [0.2, 0.25) is 0 Å². The van der Waals surface area contributed by atoms with Gasteiger partial charge < -0.3 is 4.42 Å². The second kappa shape index (κ2) is 2.23. The maximum absolute atomic E-state index is 5.39. The maximum atomic E-state index is 5.39. The molecule has 0 N–H and O–H groups in total. The lowest BCUT2D eigenvalue weighted by atomic mass is 10.5. The Hall–Kier alpha value is -0.430. The van der Waals surface area contributed by atoms with E-state index in [2.05, 4.69) is 0 Å². The molecular formula is C6H5ClO. The molecule has 0 aliphatic heterocycles. The van der Waals surface area contributed by atoms with Crippen molar-refractivity contribution >= 4 is 11.6 Å². The molecule has 0 saturated heterocycles. The van der Waals surface area contributed by atoms with Gasteiger partial charge in [-0.2, -0.15) is 0 Å². The first-order valence-corrected chi connectivity index (χ1v) is 2.76. The molecule has 1 aromatic heterocycles. The first kappa shape index (κ1) is 5.70. The van der Waals surface area contributed by atoms with Gasteiger partial charge in [-0.05, 0) is 12.1 Å². The Bertz CT molecular complexity index is 169. The van der Waals surface area contributed by atoms with E-state index in [1.165, 1.54) is 0 Å². The molecule has 0 spiro atoms. The number of alkyl halides is 1. The molecule has 2 heteroatoms. The first-order chi connectivity index (χ1) is 3.83. The molecule has 1 nitrogen and oxygen atoms in total. The van der Waals surface area contributed by atoms with E-state index in [0.29, 0.717) is 17.4 Å². The number of hydrogen-bond acceptors (Lipinski definition) is 1. The summed E-state index contributed by atoms with van der Waals surface area (Å²) < 4.78 is 4.88. The molecule has 0 bridgehead atoms. The molecule has 2 radical (unpaired) electrons. The van der Waals surface area contributed by atoms with Crippen molar-refractivity contribution in [3.8, 4) is 0 Å². The highest BCUT2D eigenvalue weighted by Crippen LogP contribution is 2.07. The predicted octanol–water partition coefficient (Wildman–Crippen LogP) is 2.08. The monoisotopic (exact) mass is 128 g/mol. The van der Waals surface area contributed by atoms with Crippen molar-refractivity contribution in [2.75, 3.05) is 0 Å². The highest BCUT2D eigenvalue weighted by atomic mass is 35.5. The number of hydrogen-bond donors (Lipinski definition) is 0. The van der Waals surface area contributed by atoms with Gasteiger partial charge >= 0.3 is 0 Å². The third kappa shape index (κ3) is 1.04. The van der Waals surface area contributed by atoms with Gasteiger partial charge in [-0.3, -0.25) is 0 Å². The molecule has 0 aromatic carbocycles. The molecule has 0 aliphatic carbocycles. The fourth-order valence-electron chi connectivity index (χ4n) is 0.466. The van der Waals surface area contributed by atoms with Crippen LogP contribution in [-0.4, -0.2) is 0 Å². The van der Waals surface area contributed by atoms with Crippen LogP contribution in [0.25, 0.3) is 0 Å². The van der Waals surface area contributed by atoms with Crippen LogP contribution in [0.1, 0.15) is 11.5 Å². The molecule has 0 aliphatic rings. The van der Waals surface area contributed by atoms with Gasteiger partial charge in [0.1, 0.15) is 11.5 Å². The lowest BCUT2D eigenvalue weighted by molar-refractivity contribution is 0.513. The minimum atomic E-state index is 0.386. The van der Waals surface area contributed by atoms with E-state index in [1.54, 1.807) is 12.1 Å². The van der Waals surface area contributed by atoms with E-state index in [-0.39, 0.29) is 0 Å². The van der Waals surface area contributed by atoms with Gasteiger partial charge in [-0.15, -0.1) is 11.6 Å². The summed E-state index contributed by atoms with van der Waals surface area (Å²) in [6, 6.07) is 3.43. The molecule has 0 unspecified atom stereocenters. The summed E-state index contributed by atoms with van der Waals surface area (Å²) in [7, 11) is 0. The molecule has 8 heavy (non-hydrogen) atoms. The Morgan fingerprint density at radius 3 is 2.62 bits per heavy atom. The standard InChI is InChI=1S/C6H5ClO/c1-5-2-3-6(4-7)8-5/h1-3H,4H2. The Kier molecular flexibility index (Phi) is 1.59. The molecule has 1 rings (SSSR count). The number of halogens is 1. The highest BCUT2D eigenvalue weighted by Gasteiger charge is 1.92. The predicted molar refractivity (Wildman–Crippen MR) is 31.7 cm³/mol. The van der Waals surface area contributed by atoms with E-state index < -0.39 is 0 Å². The Balaban J connectivity index is 2.84. The van der Waals surface area contributed by atoms with E-state index in [1.807, 2.05) is 0 Å². The van der Waals surface area contributed by atoms with Gasteiger partial charge in [0.15, 0.2) is 0 Å². The minimum Gasteiger partial charge on any atom is -0.464 e. The smallest absolute Gasteiger partial charge is 0.118 e. The van der Waals surface area contributed by atoms with E-state index in [4.69, 9.17) is 22.9 Å². The van der Waals surface area contributed by atoms with Crippen LogP contribution < -0.4 is 0 Å². The second-order valence-electron chi connectivity index (χ2n) is 1.44. The Labute approximate surface area is 53.3 Å². The van der Waals surface area contributed by atoms with Gasteiger partial charge in [-0.1, -0.05) is 0 Å². The third-order valence-electron chi connectivity index (χ3n) is 0.814. The van der Waals surface area contributed by atoms with Crippen molar-refractivity contribution < 1.29 is 4.42 Å².